The summed E-state index contributed by atoms with van der Waals surface area (Å²) in [5, 5.41) is 9.56. The number of hydrogen-bond acceptors (Lipinski definition) is 3. The highest BCUT2D eigenvalue weighted by Crippen LogP contribution is 2.34. The van der Waals surface area contributed by atoms with Gasteiger partial charge in [0, 0.05) is 0 Å². The Balaban J connectivity index is 2.30. The van der Waals surface area contributed by atoms with Gasteiger partial charge in [0.25, 0.3) is 0 Å². The second kappa shape index (κ2) is 3.26. The van der Waals surface area contributed by atoms with Crippen molar-refractivity contribution in [1.82, 2.24) is 0 Å². The van der Waals surface area contributed by atoms with Crippen LogP contribution in [0.5, 0.6) is 11.5 Å². The second-order valence-corrected chi connectivity index (χ2v) is 3.04. The monoisotopic (exact) mass is 180 g/mol. The number of benzene rings is 1. The van der Waals surface area contributed by atoms with Crippen molar-refractivity contribution < 1.29 is 14.6 Å². The van der Waals surface area contributed by atoms with E-state index in [0.29, 0.717) is 6.42 Å². The fourth-order valence-electron chi connectivity index (χ4n) is 1.36. The highest BCUT2D eigenvalue weighted by Gasteiger charge is 2.15. The van der Waals surface area contributed by atoms with Crippen molar-refractivity contribution >= 4 is 0 Å². The molecule has 0 aliphatic carbocycles. The third-order valence-corrected chi connectivity index (χ3v) is 2.17. The van der Waals surface area contributed by atoms with Crippen molar-refractivity contribution in [2.75, 3.05) is 6.79 Å². The summed E-state index contributed by atoms with van der Waals surface area (Å²) in [5.41, 5.74) is 0.881. The topological polar surface area (TPSA) is 38.7 Å². The first-order valence-corrected chi connectivity index (χ1v) is 4.39. The standard InChI is InChI=1S/C10H12O3/c1-2-8(11)7-3-4-9-10(5-7)13-6-12-9/h3-5,8,11H,2,6H2,1H3/t8-/m0/s1. The number of aliphatic hydroxyl groups is 1. The van der Waals surface area contributed by atoms with Gasteiger partial charge in [0.15, 0.2) is 11.5 Å². The fraction of sp³-hybridized carbons (Fsp3) is 0.400. The summed E-state index contributed by atoms with van der Waals surface area (Å²) in [6.45, 7) is 2.22. The lowest BCUT2D eigenvalue weighted by molar-refractivity contribution is 0.169. The van der Waals surface area contributed by atoms with Crippen LogP contribution in [0.2, 0.25) is 0 Å². The van der Waals surface area contributed by atoms with E-state index in [4.69, 9.17) is 9.47 Å². The van der Waals surface area contributed by atoms with Crippen molar-refractivity contribution in [1.29, 1.82) is 0 Å². The molecule has 1 aromatic rings. The fourth-order valence-corrected chi connectivity index (χ4v) is 1.36. The van der Waals surface area contributed by atoms with Gasteiger partial charge in [-0.25, -0.2) is 0 Å². The second-order valence-electron chi connectivity index (χ2n) is 3.04. The summed E-state index contributed by atoms with van der Waals surface area (Å²) in [4.78, 5) is 0. The predicted octanol–water partition coefficient (Wildman–Crippen LogP) is 1.86. The zero-order valence-corrected chi connectivity index (χ0v) is 7.49. The smallest absolute Gasteiger partial charge is 0.231 e. The lowest BCUT2D eigenvalue weighted by Crippen LogP contribution is -1.94. The summed E-state index contributed by atoms with van der Waals surface area (Å²) < 4.78 is 10.4. The van der Waals surface area contributed by atoms with Crippen LogP contribution in [0.25, 0.3) is 0 Å². The maximum atomic E-state index is 9.56. The minimum absolute atomic E-state index is 0.279. The van der Waals surface area contributed by atoms with Gasteiger partial charge in [-0.3, -0.25) is 0 Å². The van der Waals surface area contributed by atoms with Gasteiger partial charge < -0.3 is 14.6 Å². The maximum Gasteiger partial charge on any atom is 0.231 e. The average Bonchev–Trinajstić information content (AvgIpc) is 2.63. The van der Waals surface area contributed by atoms with Gasteiger partial charge in [0.05, 0.1) is 6.10 Å². The Hall–Kier alpha value is -1.22. The number of fused-ring (bicyclic) bond motifs is 1. The van der Waals surface area contributed by atoms with Crippen LogP contribution in [0.1, 0.15) is 25.0 Å². The van der Waals surface area contributed by atoms with E-state index in [0.717, 1.165) is 17.1 Å². The molecule has 1 atom stereocenters. The van der Waals surface area contributed by atoms with Crippen LogP contribution in [-0.4, -0.2) is 11.9 Å². The Morgan fingerprint density at radius 2 is 2.15 bits per heavy atom. The van der Waals surface area contributed by atoms with Crippen LogP contribution in [0, 0.1) is 0 Å². The zero-order valence-electron chi connectivity index (χ0n) is 7.49. The number of ether oxygens (including phenoxy) is 2. The Morgan fingerprint density at radius 3 is 2.92 bits per heavy atom. The quantitative estimate of drug-likeness (QED) is 0.755. The number of hydrogen-bond donors (Lipinski definition) is 1. The SMILES string of the molecule is CC[C@H](O)c1ccc2c(c1)OCO2. The molecule has 1 aliphatic rings. The Morgan fingerprint density at radius 1 is 1.38 bits per heavy atom. The van der Waals surface area contributed by atoms with Crippen LogP contribution < -0.4 is 9.47 Å². The molecule has 0 fully saturated rings. The van der Waals surface area contributed by atoms with E-state index in [9.17, 15) is 5.11 Å². The molecule has 0 spiro atoms. The van der Waals surface area contributed by atoms with E-state index >= 15 is 0 Å². The van der Waals surface area contributed by atoms with E-state index in [1.807, 2.05) is 25.1 Å². The Labute approximate surface area is 76.9 Å². The highest BCUT2D eigenvalue weighted by atomic mass is 16.7. The van der Waals surface area contributed by atoms with Crippen molar-refractivity contribution in [3.8, 4) is 11.5 Å². The van der Waals surface area contributed by atoms with Crippen LogP contribution in [0.3, 0.4) is 0 Å². The summed E-state index contributed by atoms with van der Waals surface area (Å²) in [6.07, 6.45) is 0.300. The molecule has 0 amide bonds. The van der Waals surface area contributed by atoms with E-state index in [2.05, 4.69) is 0 Å². The molecule has 1 aliphatic heterocycles. The molecule has 3 nitrogen and oxygen atoms in total. The molecule has 0 unspecified atom stereocenters. The summed E-state index contributed by atoms with van der Waals surface area (Å²) in [6, 6.07) is 5.52. The molecule has 2 rings (SSSR count). The molecule has 3 heteroatoms. The van der Waals surface area contributed by atoms with Gasteiger partial charge in [-0.15, -0.1) is 0 Å². The predicted molar refractivity (Wildman–Crippen MR) is 47.8 cm³/mol. The largest absolute Gasteiger partial charge is 0.454 e. The van der Waals surface area contributed by atoms with Crippen molar-refractivity contribution in [2.45, 2.75) is 19.4 Å². The van der Waals surface area contributed by atoms with Crippen molar-refractivity contribution in [2.24, 2.45) is 0 Å². The summed E-state index contributed by atoms with van der Waals surface area (Å²) in [5.74, 6) is 1.48. The van der Waals surface area contributed by atoms with Crippen LogP contribution in [-0.2, 0) is 0 Å². The molecule has 0 saturated heterocycles. The molecule has 0 radical (unpaired) electrons. The molecule has 1 N–H and O–H groups in total. The van der Waals surface area contributed by atoms with E-state index in [-0.39, 0.29) is 6.79 Å². The summed E-state index contributed by atoms with van der Waals surface area (Å²) >= 11 is 0. The normalized spacial score (nSPS) is 15.8. The lowest BCUT2D eigenvalue weighted by Gasteiger charge is -2.07. The average molecular weight is 180 g/mol. The van der Waals surface area contributed by atoms with Crippen LogP contribution >= 0.6 is 0 Å². The minimum atomic E-state index is -0.408. The lowest BCUT2D eigenvalue weighted by atomic mass is 10.1. The minimum Gasteiger partial charge on any atom is -0.454 e. The van der Waals surface area contributed by atoms with E-state index in [1.54, 1.807) is 0 Å². The molecule has 0 bridgehead atoms. The molecular formula is C10H12O3. The van der Waals surface area contributed by atoms with Gasteiger partial charge in [-0.05, 0) is 24.1 Å². The van der Waals surface area contributed by atoms with Gasteiger partial charge >= 0.3 is 0 Å². The van der Waals surface area contributed by atoms with Gasteiger partial charge in [-0.1, -0.05) is 13.0 Å². The summed E-state index contributed by atoms with van der Waals surface area (Å²) in [7, 11) is 0. The Kier molecular flexibility index (Phi) is 2.10. The first kappa shape index (κ1) is 8.38. The van der Waals surface area contributed by atoms with E-state index in [1.165, 1.54) is 0 Å². The zero-order chi connectivity index (χ0) is 9.26. The molecule has 0 saturated carbocycles. The van der Waals surface area contributed by atoms with Gasteiger partial charge in [0.1, 0.15) is 0 Å². The van der Waals surface area contributed by atoms with Crippen molar-refractivity contribution in [3.63, 3.8) is 0 Å². The van der Waals surface area contributed by atoms with Crippen LogP contribution in [0.15, 0.2) is 18.2 Å². The van der Waals surface area contributed by atoms with Crippen LogP contribution in [0.4, 0.5) is 0 Å². The third kappa shape index (κ3) is 1.47. The van der Waals surface area contributed by atoms with Gasteiger partial charge in [-0.2, -0.15) is 0 Å². The first-order valence-electron chi connectivity index (χ1n) is 4.39. The van der Waals surface area contributed by atoms with Gasteiger partial charge in [0.2, 0.25) is 6.79 Å². The van der Waals surface area contributed by atoms with Crippen molar-refractivity contribution in [3.05, 3.63) is 23.8 Å². The molecular weight excluding hydrogens is 168 g/mol. The maximum absolute atomic E-state index is 9.56. The molecule has 1 heterocycles. The molecule has 13 heavy (non-hydrogen) atoms. The molecule has 70 valence electrons. The molecule has 1 aromatic carbocycles. The molecule has 0 aromatic heterocycles. The number of rotatable bonds is 2. The van der Waals surface area contributed by atoms with E-state index < -0.39 is 6.10 Å². The number of aliphatic hydroxyl groups excluding tert-OH is 1. The first-order chi connectivity index (χ1) is 6.31. The third-order valence-electron chi connectivity index (χ3n) is 2.17. The Bertz CT molecular complexity index is 309. The highest BCUT2D eigenvalue weighted by molar-refractivity contribution is 5.44.